The van der Waals surface area contributed by atoms with Gasteiger partial charge in [-0.2, -0.15) is 13.7 Å². The molecule has 1 amide bonds. The number of pyridine rings is 1. The van der Waals surface area contributed by atoms with Crippen molar-refractivity contribution in [1.29, 1.82) is 5.26 Å². The lowest BCUT2D eigenvalue weighted by atomic mass is 9.65. The minimum Gasteiger partial charge on any atom is -0.497 e. The number of ether oxygens (including phenoxy) is 3. The Morgan fingerprint density at radius 3 is 2.34 bits per heavy atom. The van der Waals surface area contributed by atoms with Crippen LogP contribution in [0.1, 0.15) is 39.2 Å². The summed E-state index contributed by atoms with van der Waals surface area (Å²) in [6.45, 7) is 12.0. The Balaban J connectivity index is 1.30. The molecule has 1 aromatic carbocycles. The summed E-state index contributed by atoms with van der Waals surface area (Å²) in [7, 11) is -1.43. The Morgan fingerprint density at radius 2 is 1.74 bits per heavy atom. The first kappa shape index (κ1) is 34.5. The molecular formula is C37H46N6O6S. The number of piperidine rings is 1. The number of hydrogen-bond donors (Lipinski definition) is 0. The van der Waals surface area contributed by atoms with Crippen molar-refractivity contribution >= 4 is 15.9 Å². The fourth-order valence-corrected chi connectivity index (χ4v) is 10.4. The average Bonchev–Trinajstić information content (AvgIpc) is 3.35. The number of likely N-dealkylation sites (tertiary alicyclic amines) is 3. The first-order valence-corrected chi connectivity index (χ1v) is 18.9. The van der Waals surface area contributed by atoms with E-state index in [4.69, 9.17) is 14.2 Å². The third-order valence-corrected chi connectivity index (χ3v) is 13.0. The van der Waals surface area contributed by atoms with Gasteiger partial charge >= 0.3 is 0 Å². The molecule has 0 bridgehead atoms. The number of sulfonamides is 1. The number of fused-ring (bicyclic) bond motifs is 1. The maximum Gasteiger partial charge on any atom is 0.284 e. The average molecular weight is 703 g/mol. The number of nitrogens with zero attached hydrogens (tertiary/aromatic N) is 6. The van der Waals surface area contributed by atoms with Crippen LogP contribution in [0.4, 0.5) is 0 Å². The van der Waals surface area contributed by atoms with Crippen molar-refractivity contribution in [2.24, 2.45) is 11.3 Å². The van der Waals surface area contributed by atoms with Crippen molar-refractivity contribution in [2.45, 2.75) is 62.3 Å². The first-order valence-electron chi connectivity index (χ1n) is 17.4. The van der Waals surface area contributed by atoms with Crippen molar-refractivity contribution in [3.05, 3.63) is 65.9 Å². The zero-order valence-corrected chi connectivity index (χ0v) is 30.2. The highest BCUT2D eigenvalue weighted by atomic mass is 32.2. The summed E-state index contributed by atoms with van der Waals surface area (Å²) in [6, 6.07) is 10.6. The van der Waals surface area contributed by atoms with E-state index in [1.807, 2.05) is 6.92 Å². The molecule has 4 fully saturated rings. The number of hydrogen-bond acceptors (Lipinski definition) is 11. The second-order valence-corrected chi connectivity index (χ2v) is 16.2. The Labute approximate surface area is 294 Å². The molecule has 0 N–H and O–H groups in total. The lowest BCUT2D eigenvalue weighted by molar-refractivity contribution is -0.182. The van der Waals surface area contributed by atoms with E-state index in [0.29, 0.717) is 60.2 Å². The highest BCUT2D eigenvalue weighted by Gasteiger charge is 2.70. The number of rotatable bonds is 10. The standard InChI is InChI=1S/C37H46N6O6S/c1-6-49-33-11-8-28(47-4)18-31(33)37(42-23-36(24-42)21-41(22-36)27-13-15-40(16-14-27)25(2)3)30-17-26(19-38)7-10-32(30)43(35(37)44)50(45,46)34-12-9-29(48-5)20-39-34/h7-12,17-18,20,25,27,30,32H,6,13-16,21-24H2,1-5H3. The maximum atomic E-state index is 15.4. The van der Waals surface area contributed by atoms with E-state index < -0.39 is 33.4 Å². The minimum atomic E-state index is -4.46. The Hall–Kier alpha value is -3.96. The molecule has 2 aromatic rings. The highest BCUT2D eigenvalue weighted by Crippen LogP contribution is 2.58. The topological polar surface area (TPSA) is 129 Å². The molecule has 1 spiro atoms. The van der Waals surface area contributed by atoms with Crippen LogP contribution >= 0.6 is 0 Å². The smallest absolute Gasteiger partial charge is 0.284 e. The van der Waals surface area contributed by atoms with E-state index in [9.17, 15) is 13.7 Å². The molecule has 4 saturated heterocycles. The van der Waals surface area contributed by atoms with Crippen LogP contribution in [0.15, 0.2) is 65.4 Å². The summed E-state index contributed by atoms with van der Waals surface area (Å²) in [5, 5.41) is 9.79. The van der Waals surface area contributed by atoms with Crippen LogP contribution < -0.4 is 14.2 Å². The molecule has 5 heterocycles. The van der Waals surface area contributed by atoms with Gasteiger partial charge in [-0.1, -0.05) is 12.2 Å². The van der Waals surface area contributed by atoms with Crippen molar-refractivity contribution in [2.75, 3.05) is 60.1 Å². The highest BCUT2D eigenvalue weighted by molar-refractivity contribution is 7.89. The van der Waals surface area contributed by atoms with Gasteiger partial charge < -0.3 is 19.1 Å². The minimum absolute atomic E-state index is 0.0152. The molecule has 50 heavy (non-hydrogen) atoms. The molecule has 1 aliphatic carbocycles. The second-order valence-electron chi connectivity index (χ2n) is 14.4. The van der Waals surface area contributed by atoms with Crippen molar-refractivity contribution in [1.82, 2.24) is 24.0 Å². The Kier molecular flexibility index (Phi) is 8.95. The molecular weight excluding hydrogens is 657 g/mol. The van der Waals surface area contributed by atoms with Crippen LogP contribution in [0.3, 0.4) is 0 Å². The first-order chi connectivity index (χ1) is 24.0. The Bertz CT molecular complexity index is 1830. The van der Waals surface area contributed by atoms with Gasteiger partial charge in [0, 0.05) is 60.7 Å². The van der Waals surface area contributed by atoms with Gasteiger partial charge in [0.05, 0.1) is 39.1 Å². The zero-order chi connectivity index (χ0) is 35.4. The summed E-state index contributed by atoms with van der Waals surface area (Å²) < 4.78 is 47.0. The summed E-state index contributed by atoms with van der Waals surface area (Å²) in [4.78, 5) is 26.9. The van der Waals surface area contributed by atoms with Gasteiger partial charge in [-0.15, -0.1) is 0 Å². The molecule has 1 aromatic heterocycles. The summed E-state index contributed by atoms with van der Waals surface area (Å²) in [6.07, 6.45) is 8.63. The van der Waals surface area contributed by atoms with Gasteiger partial charge in [0.25, 0.3) is 15.9 Å². The number of benzene rings is 1. The van der Waals surface area contributed by atoms with Gasteiger partial charge in [0.15, 0.2) is 5.03 Å². The maximum absolute atomic E-state index is 15.4. The van der Waals surface area contributed by atoms with Crippen LogP contribution in [0, 0.1) is 22.7 Å². The molecule has 5 aliphatic rings. The molecule has 4 aliphatic heterocycles. The van der Waals surface area contributed by atoms with Crippen LogP contribution in [-0.2, 0) is 20.4 Å². The predicted molar refractivity (Wildman–Crippen MR) is 186 cm³/mol. The normalized spacial score (nSPS) is 27.0. The largest absolute Gasteiger partial charge is 0.497 e. The lowest BCUT2D eigenvalue weighted by Crippen LogP contribution is -2.78. The fraction of sp³-hybridized carbons (Fsp3) is 0.541. The second kappa shape index (κ2) is 13.0. The summed E-state index contributed by atoms with van der Waals surface area (Å²) >= 11 is 0. The van der Waals surface area contributed by atoms with E-state index in [2.05, 4.69) is 39.6 Å². The summed E-state index contributed by atoms with van der Waals surface area (Å²) in [5.41, 5.74) is -0.637. The van der Waals surface area contributed by atoms with E-state index in [1.54, 1.807) is 43.5 Å². The van der Waals surface area contributed by atoms with Gasteiger partial charge in [-0.05, 0) is 83.1 Å². The van der Waals surface area contributed by atoms with Crippen molar-refractivity contribution in [3.8, 4) is 23.3 Å². The number of carbonyl (C=O) groups is 1. The molecule has 13 heteroatoms. The predicted octanol–water partition coefficient (Wildman–Crippen LogP) is 3.42. The lowest BCUT2D eigenvalue weighted by Gasteiger charge is -2.66. The van der Waals surface area contributed by atoms with E-state index in [0.717, 1.165) is 43.3 Å². The van der Waals surface area contributed by atoms with Crippen LogP contribution in [-0.4, -0.2) is 117 Å². The van der Waals surface area contributed by atoms with Crippen molar-refractivity contribution < 1.29 is 27.4 Å². The quantitative estimate of drug-likeness (QED) is 0.361. The van der Waals surface area contributed by atoms with Crippen LogP contribution in [0.25, 0.3) is 0 Å². The molecule has 12 nitrogen and oxygen atoms in total. The molecule has 7 rings (SSSR count). The zero-order valence-electron chi connectivity index (χ0n) is 29.4. The number of nitriles is 1. The van der Waals surface area contributed by atoms with Gasteiger partial charge in [-0.25, -0.2) is 9.29 Å². The van der Waals surface area contributed by atoms with Crippen LogP contribution in [0.2, 0.25) is 0 Å². The molecule has 3 atom stereocenters. The Morgan fingerprint density at radius 1 is 1.04 bits per heavy atom. The third-order valence-electron chi connectivity index (χ3n) is 11.3. The van der Waals surface area contributed by atoms with E-state index >= 15 is 4.79 Å². The van der Waals surface area contributed by atoms with Gasteiger partial charge in [-0.3, -0.25) is 14.6 Å². The van der Waals surface area contributed by atoms with E-state index in [-0.39, 0.29) is 10.4 Å². The molecule has 0 radical (unpaired) electrons. The van der Waals surface area contributed by atoms with Gasteiger partial charge in [0.1, 0.15) is 22.8 Å². The van der Waals surface area contributed by atoms with Crippen molar-refractivity contribution in [3.63, 3.8) is 0 Å². The SMILES string of the molecule is CCOc1ccc(OC)cc1C1(N2CC3(CN(C4CCN(C(C)C)CC4)C3)C2)C(=O)N(S(=O)(=O)c2ccc(OC)cn2)C2C=CC(C#N)=CC21. The molecule has 266 valence electrons. The number of aromatic nitrogens is 1. The molecule has 0 saturated carbocycles. The monoisotopic (exact) mass is 702 g/mol. The number of amides is 1. The summed E-state index contributed by atoms with van der Waals surface area (Å²) in [5.74, 6) is 0.0387. The molecule has 3 unspecified atom stereocenters. The van der Waals surface area contributed by atoms with Gasteiger partial charge in [0.2, 0.25) is 0 Å². The number of carbonyl (C=O) groups excluding carboxylic acids is 1. The van der Waals surface area contributed by atoms with Crippen LogP contribution in [0.5, 0.6) is 17.2 Å². The number of allylic oxidation sites excluding steroid dienone is 2. The van der Waals surface area contributed by atoms with E-state index in [1.165, 1.54) is 25.4 Å². The fourth-order valence-electron chi connectivity index (χ4n) is 8.87. The number of methoxy groups -OCH3 is 2. The third kappa shape index (κ3) is 5.39.